The molecule has 5 amide bonds. The second kappa shape index (κ2) is 9.51. The number of carbonyl (C=O) groups is 4. The molecule has 0 saturated carbocycles. The molecule has 1 aliphatic heterocycles. The fraction of sp³-hybridized carbons (Fsp3) is 0.316. The van der Waals surface area contributed by atoms with Crippen molar-refractivity contribution in [1.82, 2.24) is 15.1 Å². The Morgan fingerprint density at radius 3 is 2.42 bits per heavy atom. The largest absolute Gasteiger partial charge is 0.416 e. The molecule has 0 bridgehead atoms. The summed E-state index contributed by atoms with van der Waals surface area (Å²) in [5.74, 6) is -1.23. The maximum absolute atomic E-state index is 12.3. The second-order valence-electron chi connectivity index (χ2n) is 6.75. The van der Waals surface area contributed by atoms with E-state index in [1.165, 1.54) is 14.0 Å². The van der Waals surface area contributed by atoms with Crippen molar-refractivity contribution >= 4 is 52.6 Å². The van der Waals surface area contributed by atoms with E-state index in [4.69, 9.17) is 4.42 Å². The van der Waals surface area contributed by atoms with Crippen LogP contribution >= 0.6 is 11.8 Å². The van der Waals surface area contributed by atoms with Gasteiger partial charge in [-0.3, -0.25) is 19.3 Å². The summed E-state index contributed by atoms with van der Waals surface area (Å²) < 4.78 is 5.51. The lowest BCUT2D eigenvalue weighted by atomic mass is 9.97. The van der Waals surface area contributed by atoms with Crippen molar-refractivity contribution in [3.63, 3.8) is 0 Å². The van der Waals surface area contributed by atoms with Gasteiger partial charge in [-0.2, -0.15) is 0 Å². The minimum absolute atomic E-state index is 0.0369. The molecule has 0 saturated heterocycles. The summed E-state index contributed by atoms with van der Waals surface area (Å²) in [7, 11) is 1.37. The number of imide groups is 1. The third-order valence-corrected chi connectivity index (χ3v) is 5.15. The molecule has 0 radical (unpaired) electrons. The molecule has 1 atom stereocenters. The summed E-state index contributed by atoms with van der Waals surface area (Å²) in [6.07, 6.45) is 0.117. The molecule has 1 aromatic heterocycles. The second-order valence-corrected chi connectivity index (χ2v) is 7.67. The summed E-state index contributed by atoms with van der Waals surface area (Å²) >= 11 is 1.06. The van der Waals surface area contributed by atoms with E-state index < -0.39 is 11.9 Å². The normalized spacial score (nSPS) is 16.2. The molecule has 0 aliphatic carbocycles. The SMILES string of the molecule is CC(=O)Nc1ccc(NC(=O)CSc2nnc(CC3C(=O)N(C)C(=O)N=C3C)o2)cc1. The van der Waals surface area contributed by atoms with Gasteiger partial charge in [0.25, 0.3) is 5.22 Å². The number of benzene rings is 1. The van der Waals surface area contributed by atoms with Crippen molar-refractivity contribution in [3.8, 4) is 0 Å². The molecule has 31 heavy (non-hydrogen) atoms. The molecule has 3 rings (SSSR count). The number of thioether (sulfide) groups is 1. The quantitative estimate of drug-likeness (QED) is 0.616. The zero-order valence-electron chi connectivity index (χ0n) is 17.0. The zero-order valence-corrected chi connectivity index (χ0v) is 17.9. The van der Waals surface area contributed by atoms with Crippen LogP contribution in [0.15, 0.2) is 38.9 Å². The minimum Gasteiger partial charge on any atom is -0.416 e. The third-order valence-electron chi connectivity index (χ3n) is 4.33. The molecule has 11 nitrogen and oxygen atoms in total. The van der Waals surface area contributed by atoms with Gasteiger partial charge in [-0.05, 0) is 31.2 Å². The van der Waals surface area contributed by atoms with Crippen LogP contribution in [0.25, 0.3) is 0 Å². The van der Waals surface area contributed by atoms with Gasteiger partial charge in [-0.25, -0.2) is 9.79 Å². The van der Waals surface area contributed by atoms with Crippen molar-refractivity contribution < 1.29 is 23.6 Å². The molecule has 162 valence electrons. The van der Waals surface area contributed by atoms with Crippen LogP contribution in [0.1, 0.15) is 19.7 Å². The summed E-state index contributed by atoms with van der Waals surface area (Å²) in [5, 5.41) is 13.3. The number of hydrogen-bond acceptors (Lipinski definition) is 8. The predicted octanol–water partition coefficient (Wildman–Crippen LogP) is 1.97. The first-order valence-electron chi connectivity index (χ1n) is 9.22. The molecule has 0 fully saturated rings. The number of amides is 5. The fourth-order valence-corrected chi connectivity index (χ4v) is 3.34. The number of nitrogens with zero attached hydrogens (tertiary/aromatic N) is 4. The summed E-state index contributed by atoms with van der Waals surface area (Å²) in [6, 6.07) is 6.10. The molecule has 12 heteroatoms. The standard InChI is InChI=1S/C19H20N6O5S/c1-10-14(17(28)25(3)18(29)20-10)8-16-23-24-19(30-16)31-9-15(27)22-13-6-4-12(5-7-13)21-11(2)26/h4-7,14H,8-9H2,1-3H3,(H,21,26)(H,22,27). The van der Waals surface area contributed by atoms with Crippen LogP contribution < -0.4 is 10.6 Å². The van der Waals surface area contributed by atoms with E-state index >= 15 is 0 Å². The molecular weight excluding hydrogens is 424 g/mol. The van der Waals surface area contributed by atoms with Gasteiger partial charge in [0.05, 0.1) is 11.7 Å². The molecule has 1 unspecified atom stereocenters. The van der Waals surface area contributed by atoms with Gasteiger partial charge < -0.3 is 15.1 Å². The van der Waals surface area contributed by atoms with Crippen LogP contribution in [0, 0.1) is 5.92 Å². The average Bonchev–Trinajstić information content (AvgIpc) is 3.17. The lowest BCUT2D eigenvalue weighted by Crippen LogP contribution is -2.44. The number of aromatic nitrogens is 2. The highest BCUT2D eigenvalue weighted by molar-refractivity contribution is 7.99. The monoisotopic (exact) mass is 444 g/mol. The van der Waals surface area contributed by atoms with Crippen molar-refractivity contribution in [1.29, 1.82) is 0 Å². The van der Waals surface area contributed by atoms with Gasteiger partial charge in [0, 0.05) is 37.5 Å². The van der Waals surface area contributed by atoms with Crippen molar-refractivity contribution in [2.24, 2.45) is 10.9 Å². The Morgan fingerprint density at radius 2 is 1.77 bits per heavy atom. The van der Waals surface area contributed by atoms with Crippen LogP contribution in [-0.4, -0.2) is 57.4 Å². The van der Waals surface area contributed by atoms with Crippen LogP contribution in [0.3, 0.4) is 0 Å². The molecule has 2 aromatic rings. The first kappa shape index (κ1) is 22.2. The number of hydrogen-bond donors (Lipinski definition) is 2. The summed E-state index contributed by atoms with van der Waals surface area (Å²) in [6.45, 7) is 3.02. The first-order valence-corrected chi connectivity index (χ1v) is 10.2. The van der Waals surface area contributed by atoms with Crippen LogP contribution in [0.2, 0.25) is 0 Å². The summed E-state index contributed by atoms with van der Waals surface area (Å²) in [4.78, 5) is 51.8. The molecular formula is C19H20N6O5S. The lowest BCUT2D eigenvalue weighted by molar-refractivity contribution is -0.129. The van der Waals surface area contributed by atoms with E-state index in [2.05, 4.69) is 25.8 Å². The zero-order chi connectivity index (χ0) is 22.5. The van der Waals surface area contributed by atoms with Crippen molar-refractivity contribution in [2.75, 3.05) is 23.4 Å². The van der Waals surface area contributed by atoms with E-state index in [9.17, 15) is 19.2 Å². The number of aliphatic imine (C=N–C) groups is 1. The Kier molecular flexibility index (Phi) is 6.80. The van der Waals surface area contributed by atoms with Crippen LogP contribution in [-0.2, 0) is 20.8 Å². The number of anilines is 2. The first-order chi connectivity index (χ1) is 14.7. The highest BCUT2D eigenvalue weighted by Gasteiger charge is 2.34. The maximum Gasteiger partial charge on any atom is 0.349 e. The van der Waals surface area contributed by atoms with E-state index in [0.29, 0.717) is 17.1 Å². The minimum atomic E-state index is -0.648. The molecule has 1 aliphatic rings. The molecule has 2 heterocycles. The van der Waals surface area contributed by atoms with Gasteiger partial charge in [-0.15, -0.1) is 10.2 Å². The van der Waals surface area contributed by atoms with Gasteiger partial charge in [0.2, 0.25) is 23.6 Å². The number of urea groups is 1. The van der Waals surface area contributed by atoms with Crippen molar-refractivity contribution in [3.05, 3.63) is 30.2 Å². The smallest absolute Gasteiger partial charge is 0.349 e. The van der Waals surface area contributed by atoms with Gasteiger partial charge in [0.1, 0.15) is 0 Å². The van der Waals surface area contributed by atoms with Crippen LogP contribution in [0.4, 0.5) is 16.2 Å². The predicted molar refractivity (Wildman–Crippen MR) is 113 cm³/mol. The Balaban J connectivity index is 1.51. The lowest BCUT2D eigenvalue weighted by Gasteiger charge is -2.24. The molecule has 2 N–H and O–H groups in total. The number of carbonyl (C=O) groups excluding carboxylic acids is 4. The van der Waals surface area contributed by atoms with E-state index in [0.717, 1.165) is 16.7 Å². The van der Waals surface area contributed by atoms with Gasteiger partial charge >= 0.3 is 6.03 Å². The van der Waals surface area contributed by atoms with Crippen molar-refractivity contribution in [2.45, 2.75) is 25.5 Å². The topological polar surface area (TPSA) is 147 Å². The van der Waals surface area contributed by atoms with E-state index in [-0.39, 0.29) is 41.0 Å². The highest BCUT2D eigenvalue weighted by atomic mass is 32.2. The maximum atomic E-state index is 12.3. The Morgan fingerprint density at radius 1 is 1.13 bits per heavy atom. The molecule has 1 aromatic carbocycles. The Bertz CT molecular complexity index is 1050. The highest BCUT2D eigenvalue weighted by Crippen LogP contribution is 2.21. The summed E-state index contributed by atoms with van der Waals surface area (Å²) in [5.41, 5.74) is 1.60. The van der Waals surface area contributed by atoms with Gasteiger partial charge in [-0.1, -0.05) is 11.8 Å². The van der Waals surface area contributed by atoms with Crippen LogP contribution in [0.5, 0.6) is 0 Å². The Hall–Kier alpha value is -3.54. The third kappa shape index (κ3) is 5.75. The average molecular weight is 444 g/mol. The molecule has 0 spiro atoms. The Labute approximate surface area is 181 Å². The number of rotatable bonds is 7. The van der Waals surface area contributed by atoms with E-state index in [1.54, 1.807) is 31.2 Å². The van der Waals surface area contributed by atoms with E-state index in [1.807, 2.05) is 0 Å². The number of nitrogens with one attached hydrogen (secondary N) is 2. The fourth-order valence-electron chi connectivity index (χ4n) is 2.76. The van der Waals surface area contributed by atoms with Gasteiger partial charge in [0.15, 0.2) is 0 Å².